The monoisotopic (exact) mass is 195 g/mol. The number of aryl methyl sites for hydroxylation is 2. The Balaban J connectivity index is 2.15. The second-order valence-electron chi connectivity index (χ2n) is 3.85. The quantitative estimate of drug-likeness (QED) is 0.742. The van der Waals surface area contributed by atoms with Crippen molar-refractivity contribution in [3.8, 4) is 0 Å². The van der Waals surface area contributed by atoms with E-state index in [1.54, 1.807) is 0 Å². The predicted molar refractivity (Wildman–Crippen MR) is 53.8 cm³/mol. The molecule has 1 unspecified atom stereocenters. The van der Waals surface area contributed by atoms with Gasteiger partial charge < -0.3 is 15.4 Å². The normalized spacial score (nSPS) is 17.9. The van der Waals surface area contributed by atoms with E-state index in [9.17, 15) is 0 Å². The molecule has 0 fully saturated rings. The number of hydrogen-bond donors (Lipinski definition) is 2. The summed E-state index contributed by atoms with van der Waals surface area (Å²) < 4.78 is 2.19. The number of rotatable bonds is 3. The molecule has 0 aromatic carbocycles. The first-order valence-electron chi connectivity index (χ1n) is 5.23. The molecule has 0 saturated carbocycles. The molecular formula is C10H17N3O. The predicted octanol–water partition coefficient (Wildman–Crippen LogP) is 0.602. The smallest absolute Gasteiger partial charge is 0.109 e. The van der Waals surface area contributed by atoms with Crippen LogP contribution in [0.5, 0.6) is 0 Å². The van der Waals surface area contributed by atoms with E-state index in [0.717, 1.165) is 24.5 Å². The van der Waals surface area contributed by atoms with E-state index in [2.05, 4.69) is 9.55 Å². The SMILES string of the molecule is NC(CCO)c1cn2c(n1)CCCC2. The van der Waals surface area contributed by atoms with Crippen molar-refractivity contribution >= 4 is 0 Å². The molecule has 4 nitrogen and oxygen atoms in total. The summed E-state index contributed by atoms with van der Waals surface area (Å²) in [5.74, 6) is 1.15. The first-order valence-corrected chi connectivity index (χ1v) is 5.23. The van der Waals surface area contributed by atoms with Crippen molar-refractivity contribution < 1.29 is 5.11 Å². The zero-order valence-electron chi connectivity index (χ0n) is 8.32. The fraction of sp³-hybridized carbons (Fsp3) is 0.700. The molecule has 3 N–H and O–H groups in total. The molecule has 1 aliphatic heterocycles. The molecule has 1 aliphatic rings. The van der Waals surface area contributed by atoms with Crippen molar-refractivity contribution in [2.75, 3.05) is 6.61 Å². The van der Waals surface area contributed by atoms with Crippen LogP contribution in [0.4, 0.5) is 0 Å². The number of nitrogens with zero attached hydrogens (tertiary/aromatic N) is 2. The number of aromatic nitrogens is 2. The molecular weight excluding hydrogens is 178 g/mol. The van der Waals surface area contributed by atoms with Gasteiger partial charge in [0, 0.05) is 25.8 Å². The number of aliphatic hydroxyl groups excluding tert-OH is 1. The molecule has 0 radical (unpaired) electrons. The van der Waals surface area contributed by atoms with Crippen molar-refractivity contribution in [3.63, 3.8) is 0 Å². The molecule has 0 spiro atoms. The van der Waals surface area contributed by atoms with Gasteiger partial charge in [-0.15, -0.1) is 0 Å². The molecule has 78 valence electrons. The van der Waals surface area contributed by atoms with E-state index >= 15 is 0 Å². The summed E-state index contributed by atoms with van der Waals surface area (Å²) in [7, 11) is 0. The summed E-state index contributed by atoms with van der Waals surface area (Å²) in [6.07, 6.45) is 6.15. The molecule has 2 rings (SSSR count). The van der Waals surface area contributed by atoms with Gasteiger partial charge in [-0.05, 0) is 19.3 Å². The third-order valence-electron chi connectivity index (χ3n) is 2.75. The summed E-state index contributed by atoms with van der Waals surface area (Å²) in [6, 6.07) is -0.113. The zero-order chi connectivity index (χ0) is 9.97. The largest absolute Gasteiger partial charge is 0.396 e. The van der Waals surface area contributed by atoms with Crippen LogP contribution in [-0.2, 0) is 13.0 Å². The second kappa shape index (κ2) is 4.11. The third kappa shape index (κ3) is 1.81. The van der Waals surface area contributed by atoms with Crippen molar-refractivity contribution in [3.05, 3.63) is 17.7 Å². The van der Waals surface area contributed by atoms with E-state index in [1.807, 2.05) is 6.20 Å². The number of aliphatic hydroxyl groups is 1. The Bertz CT molecular complexity index is 285. The first-order chi connectivity index (χ1) is 6.81. The molecule has 0 aliphatic carbocycles. The highest BCUT2D eigenvalue weighted by Crippen LogP contribution is 2.18. The maximum Gasteiger partial charge on any atom is 0.109 e. The minimum Gasteiger partial charge on any atom is -0.396 e. The minimum atomic E-state index is -0.113. The Labute approximate surface area is 83.8 Å². The third-order valence-corrected chi connectivity index (χ3v) is 2.75. The number of nitrogens with two attached hydrogens (primary N) is 1. The Morgan fingerprint density at radius 2 is 2.43 bits per heavy atom. The number of fused-ring (bicyclic) bond motifs is 1. The lowest BCUT2D eigenvalue weighted by Gasteiger charge is -2.11. The second-order valence-corrected chi connectivity index (χ2v) is 3.85. The maximum atomic E-state index is 8.79. The molecule has 2 heterocycles. The van der Waals surface area contributed by atoms with Crippen LogP contribution < -0.4 is 5.73 Å². The van der Waals surface area contributed by atoms with Gasteiger partial charge in [0.2, 0.25) is 0 Å². The average molecular weight is 195 g/mol. The van der Waals surface area contributed by atoms with Crippen molar-refractivity contribution in [2.45, 2.75) is 38.3 Å². The Morgan fingerprint density at radius 1 is 1.57 bits per heavy atom. The lowest BCUT2D eigenvalue weighted by atomic mass is 10.2. The lowest BCUT2D eigenvalue weighted by molar-refractivity contribution is 0.275. The van der Waals surface area contributed by atoms with Crippen molar-refractivity contribution in [1.82, 2.24) is 9.55 Å². The van der Waals surface area contributed by atoms with E-state index in [4.69, 9.17) is 10.8 Å². The van der Waals surface area contributed by atoms with Crippen LogP contribution in [0.1, 0.15) is 36.8 Å². The first kappa shape index (κ1) is 9.68. The van der Waals surface area contributed by atoms with Crippen LogP contribution in [0.15, 0.2) is 6.20 Å². The van der Waals surface area contributed by atoms with Gasteiger partial charge in [0.15, 0.2) is 0 Å². The van der Waals surface area contributed by atoms with Crippen molar-refractivity contribution in [2.24, 2.45) is 5.73 Å². The summed E-state index contributed by atoms with van der Waals surface area (Å²) in [4.78, 5) is 4.50. The molecule has 1 aromatic rings. The maximum absolute atomic E-state index is 8.79. The van der Waals surface area contributed by atoms with Crippen LogP contribution in [-0.4, -0.2) is 21.3 Å². The molecule has 0 amide bonds. The number of hydrogen-bond acceptors (Lipinski definition) is 3. The Kier molecular flexibility index (Phi) is 2.84. The summed E-state index contributed by atoms with van der Waals surface area (Å²) in [6.45, 7) is 1.19. The molecule has 1 aromatic heterocycles. The average Bonchev–Trinajstić information content (AvgIpc) is 2.61. The standard InChI is InChI=1S/C10H17N3O/c11-8(4-6-14)9-7-13-5-2-1-3-10(13)12-9/h7-8,14H,1-6,11H2. The van der Waals surface area contributed by atoms with E-state index < -0.39 is 0 Å². The fourth-order valence-corrected chi connectivity index (χ4v) is 1.90. The van der Waals surface area contributed by atoms with E-state index in [0.29, 0.717) is 6.42 Å². The van der Waals surface area contributed by atoms with Gasteiger partial charge in [-0.2, -0.15) is 0 Å². The summed E-state index contributed by atoms with van der Waals surface area (Å²) >= 11 is 0. The van der Waals surface area contributed by atoms with Crippen LogP contribution >= 0.6 is 0 Å². The Morgan fingerprint density at radius 3 is 3.14 bits per heavy atom. The fourth-order valence-electron chi connectivity index (χ4n) is 1.90. The van der Waals surface area contributed by atoms with Gasteiger partial charge in [-0.25, -0.2) is 4.98 Å². The molecule has 1 atom stereocenters. The van der Waals surface area contributed by atoms with Gasteiger partial charge in [0.05, 0.1) is 11.7 Å². The van der Waals surface area contributed by atoms with Crippen molar-refractivity contribution in [1.29, 1.82) is 0 Å². The number of imidazole rings is 1. The Hall–Kier alpha value is -0.870. The zero-order valence-corrected chi connectivity index (χ0v) is 8.32. The van der Waals surface area contributed by atoms with Gasteiger partial charge in [-0.1, -0.05) is 0 Å². The molecule has 0 saturated heterocycles. The summed E-state index contributed by atoms with van der Waals surface area (Å²) in [5, 5.41) is 8.79. The lowest BCUT2D eigenvalue weighted by Crippen LogP contribution is -2.12. The highest BCUT2D eigenvalue weighted by molar-refractivity contribution is 5.09. The highest BCUT2D eigenvalue weighted by atomic mass is 16.3. The molecule has 4 heteroatoms. The molecule has 0 bridgehead atoms. The molecule has 14 heavy (non-hydrogen) atoms. The van der Waals surface area contributed by atoms with E-state index in [-0.39, 0.29) is 12.6 Å². The van der Waals surface area contributed by atoms with Crippen LogP contribution in [0.25, 0.3) is 0 Å². The van der Waals surface area contributed by atoms with Crippen LogP contribution in [0.3, 0.4) is 0 Å². The van der Waals surface area contributed by atoms with Gasteiger partial charge in [0.1, 0.15) is 5.82 Å². The van der Waals surface area contributed by atoms with E-state index in [1.165, 1.54) is 12.8 Å². The van der Waals surface area contributed by atoms with Gasteiger partial charge in [-0.3, -0.25) is 0 Å². The van der Waals surface area contributed by atoms with Gasteiger partial charge in [0.25, 0.3) is 0 Å². The topological polar surface area (TPSA) is 64.1 Å². The summed E-state index contributed by atoms with van der Waals surface area (Å²) in [5.41, 5.74) is 6.81. The van der Waals surface area contributed by atoms with Crippen LogP contribution in [0.2, 0.25) is 0 Å². The van der Waals surface area contributed by atoms with Gasteiger partial charge >= 0.3 is 0 Å². The highest BCUT2D eigenvalue weighted by Gasteiger charge is 2.15. The minimum absolute atomic E-state index is 0.113. The van der Waals surface area contributed by atoms with Crippen LogP contribution in [0, 0.1) is 0 Å².